The van der Waals surface area contributed by atoms with Crippen LogP contribution in [0.2, 0.25) is 0 Å². The van der Waals surface area contributed by atoms with Crippen molar-refractivity contribution in [2.24, 2.45) is 11.8 Å². The highest BCUT2D eigenvalue weighted by Gasteiger charge is 2.43. The molecular weight excluding hydrogens is 324 g/mol. The van der Waals surface area contributed by atoms with Crippen LogP contribution < -0.4 is 0 Å². The summed E-state index contributed by atoms with van der Waals surface area (Å²) in [6.45, 7) is 2.16. The summed E-state index contributed by atoms with van der Waals surface area (Å²) in [7, 11) is 0. The predicted molar refractivity (Wildman–Crippen MR) is 113 cm³/mol. The lowest BCUT2D eigenvalue weighted by atomic mass is 9.63. The quantitative estimate of drug-likeness (QED) is 0.475. The maximum atomic E-state index is 2.53. The summed E-state index contributed by atoms with van der Waals surface area (Å²) in [5.74, 6) is 1.47. The van der Waals surface area contributed by atoms with Crippen molar-refractivity contribution in [3.8, 4) is 0 Å². The molecule has 0 spiro atoms. The molecule has 0 amide bonds. The summed E-state index contributed by atoms with van der Waals surface area (Å²) in [6, 6.07) is 31.1. The number of hydrogen-bond donors (Lipinski definition) is 0. The van der Waals surface area contributed by atoms with Crippen molar-refractivity contribution < 1.29 is 0 Å². The third-order valence-corrected chi connectivity index (χ3v) is 6.14. The van der Waals surface area contributed by atoms with Gasteiger partial charge in [0.25, 0.3) is 0 Å². The molecule has 1 saturated carbocycles. The normalized spacial score (nSPS) is 20.7. The Morgan fingerprint density at radius 1 is 0.667 bits per heavy atom. The molecule has 2 atom stereocenters. The molecule has 0 radical (unpaired) electrons. The van der Waals surface area contributed by atoms with E-state index in [1.165, 1.54) is 34.2 Å². The van der Waals surface area contributed by atoms with Crippen molar-refractivity contribution in [1.82, 2.24) is 0 Å². The van der Waals surface area contributed by atoms with E-state index in [1.807, 2.05) is 0 Å². The van der Waals surface area contributed by atoms with Crippen LogP contribution in [-0.2, 0) is 5.41 Å². The highest BCUT2D eigenvalue weighted by atomic mass is 14.5. The molecule has 132 valence electrons. The van der Waals surface area contributed by atoms with E-state index in [1.54, 1.807) is 0 Å². The molecule has 1 fully saturated rings. The standard InChI is InChI=1S/C27H24/c1-20-12-15-25(16-13-20)27(23-8-4-2-5-9-23,24-10-6-3-7-11-24)26-17-14-21-18-22(21)19-26/h2-17,19,21-22H,18H2,1H3. The minimum atomic E-state index is -0.278. The number of hydrogen-bond acceptors (Lipinski definition) is 0. The van der Waals surface area contributed by atoms with E-state index in [0.717, 1.165) is 5.92 Å². The van der Waals surface area contributed by atoms with Crippen molar-refractivity contribution in [2.75, 3.05) is 0 Å². The molecule has 0 bridgehead atoms. The van der Waals surface area contributed by atoms with Crippen molar-refractivity contribution in [3.05, 3.63) is 131 Å². The molecule has 2 aliphatic rings. The van der Waals surface area contributed by atoms with Gasteiger partial charge in [-0.2, -0.15) is 0 Å². The minimum Gasteiger partial charge on any atom is -0.0805 e. The van der Waals surface area contributed by atoms with Crippen LogP contribution in [-0.4, -0.2) is 0 Å². The maximum absolute atomic E-state index is 2.53. The van der Waals surface area contributed by atoms with Gasteiger partial charge in [0.1, 0.15) is 0 Å². The van der Waals surface area contributed by atoms with Gasteiger partial charge in [-0.05, 0) is 47.4 Å². The lowest BCUT2D eigenvalue weighted by Gasteiger charge is -2.38. The van der Waals surface area contributed by atoms with Crippen LogP contribution in [0, 0.1) is 18.8 Å². The summed E-state index contributed by atoms with van der Waals surface area (Å²) >= 11 is 0. The lowest BCUT2D eigenvalue weighted by Crippen LogP contribution is -2.32. The van der Waals surface area contributed by atoms with E-state index in [2.05, 4.69) is 110 Å². The fourth-order valence-corrected chi connectivity index (χ4v) is 4.59. The van der Waals surface area contributed by atoms with E-state index >= 15 is 0 Å². The Kier molecular flexibility index (Phi) is 3.86. The first-order valence-electron chi connectivity index (χ1n) is 9.87. The number of fused-ring (bicyclic) bond motifs is 1. The summed E-state index contributed by atoms with van der Waals surface area (Å²) in [4.78, 5) is 0. The Balaban J connectivity index is 1.84. The van der Waals surface area contributed by atoms with E-state index in [-0.39, 0.29) is 5.41 Å². The lowest BCUT2D eigenvalue weighted by molar-refractivity contribution is 0.726. The predicted octanol–water partition coefficient (Wildman–Crippen LogP) is 6.46. The molecule has 2 aliphatic carbocycles. The zero-order valence-electron chi connectivity index (χ0n) is 15.7. The van der Waals surface area contributed by atoms with Gasteiger partial charge in [-0.25, -0.2) is 0 Å². The van der Waals surface area contributed by atoms with Crippen LogP contribution >= 0.6 is 0 Å². The first-order valence-corrected chi connectivity index (χ1v) is 9.87. The second-order valence-corrected chi connectivity index (χ2v) is 7.89. The van der Waals surface area contributed by atoms with E-state index < -0.39 is 0 Å². The molecule has 0 aliphatic heterocycles. The van der Waals surface area contributed by atoms with E-state index in [0.29, 0.717) is 5.92 Å². The zero-order chi connectivity index (χ0) is 18.3. The zero-order valence-corrected chi connectivity index (χ0v) is 15.7. The summed E-state index contributed by atoms with van der Waals surface area (Å²) in [5.41, 5.74) is 6.41. The number of allylic oxidation sites excluding steroid dienone is 4. The molecule has 0 aromatic heterocycles. The van der Waals surface area contributed by atoms with Gasteiger partial charge in [0.15, 0.2) is 0 Å². The van der Waals surface area contributed by atoms with Crippen LogP contribution in [0.1, 0.15) is 28.7 Å². The van der Waals surface area contributed by atoms with Crippen molar-refractivity contribution in [3.63, 3.8) is 0 Å². The SMILES string of the molecule is Cc1ccc(C(C2=CC3CC3C=C2)(c2ccccc2)c2ccccc2)cc1. The van der Waals surface area contributed by atoms with Crippen molar-refractivity contribution in [1.29, 1.82) is 0 Å². The Morgan fingerprint density at radius 2 is 1.22 bits per heavy atom. The maximum Gasteiger partial charge on any atom is 0.0698 e. The number of rotatable bonds is 4. The molecule has 5 rings (SSSR count). The molecule has 0 heteroatoms. The second-order valence-electron chi connectivity index (χ2n) is 7.89. The van der Waals surface area contributed by atoms with E-state index in [9.17, 15) is 0 Å². The molecule has 27 heavy (non-hydrogen) atoms. The van der Waals surface area contributed by atoms with Gasteiger partial charge in [0.2, 0.25) is 0 Å². The third kappa shape index (κ3) is 2.68. The molecule has 3 aromatic carbocycles. The average Bonchev–Trinajstić information content (AvgIpc) is 3.51. The highest BCUT2D eigenvalue weighted by Crippen LogP contribution is 2.52. The van der Waals surface area contributed by atoms with Crippen LogP contribution in [0.5, 0.6) is 0 Å². The van der Waals surface area contributed by atoms with E-state index in [4.69, 9.17) is 0 Å². The van der Waals surface area contributed by atoms with Gasteiger partial charge in [-0.3, -0.25) is 0 Å². The van der Waals surface area contributed by atoms with Gasteiger partial charge in [0, 0.05) is 0 Å². The van der Waals surface area contributed by atoms with Crippen molar-refractivity contribution >= 4 is 0 Å². The minimum absolute atomic E-state index is 0.278. The molecule has 0 heterocycles. The van der Waals surface area contributed by atoms with Crippen LogP contribution in [0.25, 0.3) is 0 Å². The fourth-order valence-electron chi connectivity index (χ4n) is 4.59. The Morgan fingerprint density at radius 3 is 1.78 bits per heavy atom. The first kappa shape index (κ1) is 16.3. The largest absolute Gasteiger partial charge is 0.0805 e. The molecule has 2 unspecified atom stereocenters. The highest BCUT2D eigenvalue weighted by molar-refractivity contribution is 5.62. The van der Waals surface area contributed by atoms with Gasteiger partial charge < -0.3 is 0 Å². The molecule has 0 saturated heterocycles. The third-order valence-electron chi connectivity index (χ3n) is 6.14. The molecule has 0 N–H and O–H groups in total. The van der Waals surface area contributed by atoms with Crippen LogP contribution in [0.4, 0.5) is 0 Å². The summed E-state index contributed by atoms with van der Waals surface area (Å²) in [6.07, 6.45) is 8.64. The average molecular weight is 348 g/mol. The molecule has 3 aromatic rings. The van der Waals surface area contributed by atoms with Gasteiger partial charge in [-0.15, -0.1) is 0 Å². The summed E-state index contributed by atoms with van der Waals surface area (Å²) < 4.78 is 0. The van der Waals surface area contributed by atoms with Gasteiger partial charge in [0.05, 0.1) is 5.41 Å². The number of aryl methyl sites for hydroxylation is 1. The molecule has 0 nitrogen and oxygen atoms in total. The van der Waals surface area contributed by atoms with Gasteiger partial charge in [-0.1, -0.05) is 109 Å². The van der Waals surface area contributed by atoms with Crippen molar-refractivity contribution in [2.45, 2.75) is 18.8 Å². The van der Waals surface area contributed by atoms with Gasteiger partial charge >= 0.3 is 0 Å². The molecular formula is C27H24. The first-order chi connectivity index (χ1) is 13.3. The van der Waals surface area contributed by atoms with Crippen LogP contribution in [0.15, 0.2) is 109 Å². The van der Waals surface area contributed by atoms with Crippen LogP contribution in [0.3, 0.4) is 0 Å². The topological polar surface area (TPSA) is 0 Å². The number of benzene rings is 3. The Bertz CT molecular complexity index is 951. The Labute approximate surface area is 161 Å². The summed E-state index contributed by atoms with van der Waals surface area (Å²) in [5, 5.41) is 0. The fraction of sp³-hybridized carbons (Fsp3) is 0.185. The second kappa shape index (κ2) is 6.39. The Hall–Kier alpha value is -2.86. The monoisotopic (exact) mass is 348 g/mol. The smallest absolute Gasteiger partial charge is 0.0698 e.